The van der Waals surface area contributed by atoms with E-state index >= 15 is 0 Å². The van der Waals surface area contributed by atoms with Crippen molar-refractivity contribution in [3.63, 3.8) is 0 Å². The largest absolute Gasteiger partial charge is 0.334 e. The van der Waals surface area contributed by atoms with Crippen LogP contribution in [0.5, 0.6) is 0 Å². The average molecular weight is 314 g/mol. The Balaban J connectivity index is 2.30. The Labute approximate surface area is 135 Å². The molecule has 0 bridgehead atoms. The van der Waals surface area contributed by atoms with Crippen molar-refractivity contribution in [1.29, 1.82) is 0 Å². The molecule has 2 rings (SSSR count). The maximum absolute atomic E-state index is 12.7. The van der Waals surface area contributed by atoms with Crippen molar-refractivity contribution in [2.24, 2.45) is 0 Å². The van der Waals surface area contributed by atoms with Crippen LogP contribution in [-0.2, 0) is 0 Å². The summed E-state index contributed by atoms with van der Waals surface area (Å²) in [5, 5.41) is 0. The van der Waals surface area contributed by atoms with Crippen LogP contribution in [0.25, 0.3) is 0 Å². The fraction of sp³-hybridized carbons (Fsp3) is 0.412. The number of aromatic nitrogens is 3. The van der Waals surface area contributed by atoms with Crippen molar-refractivity contribution in [3.8, 4) is 0 Å². The zero-order chi connectivity index (χ0) is 16.8. The van der Waals surface area contributed by atoms with Gasteiger partial charge in [0.15, 0.2) is 0 Å². The van der Waals surface area contributed by atoms with Crippen molar-refractivity contribution in [2.45, 2.75) is 39.2 Å². The van der Waals surface area contributed by atoms with Gasteiger partial charge in [-0.3, -0.25) is 14.6 Å². The monoisotopic (exact) mass is 314 g/mol. The van der Waals surface area contributed by atoms with Gasteiger partial charge in [-0.2, -0.15) is 0 Å². The number of hydrogen-bond acceptors (Lipinski definition) is 4. The maximum Gasteiger partial charge on any atom is 0.263 e. The van der Waals surface area contributed by atoms with E-state index in [1.54, 1.807) is 31.3 Å². The smallest absolute Gasteiger partial charge is 0.263 e. The number of aryl methyl sites for hydroxylation is 1. The molecule has 0 fully saturated rings. The molecular weight excluding hydrogens is 292 g/mol. The SMILES string of the molecule is CCCCC(c1cccnc1)N(C)C(=O)c1cnc(C)[nH]c1=O. The molecule has 122 valence electrons. The number of carbonyl (C=O) groups excluding carboxylic acids is 1. The van der Waals surface area contributed by atoms with E-state index < -0.39 is 5.56 Å². The molecule has 0 spiro atoms. The summed E-state index contributed by atoms with van der Waals surface area (Å²) in [6.07, 6.45) is 7.65. The highest BCUT2D eigenvalue weighted by Gasteiger charge is 2.24. The van der Waals surface area contributed by atoms with Crippen molar-refractivity contribution >= 4 is 5.91 Å². The second-order valence-electron chi connectivity index (χ2n) is 5.57. The van der Waals surface area contributed by atoms with Gasteiger partial charge >= 0.3 is 0 Å². The molecule has 0 aliphatic carbocycles. The van der Waals surface area contributed by atoms with Crippen LogP contribution in [0.15, 0.2) is 35.5 Å². The lowest BCUT2D eigenvalue weighted by atomic mass is 10.0. The molecule has 1 N–H and O–H groups in total. The molecule has 6 nitrogen and oxygen atoms in total. The first kappa shape index (κ1) is 16.9. The number of unbranched alkanes of at least 4 members (excludes halogenated alkanes) is 1. The van der Waals surface area contributed by atoms with Crippen LogP contribution in [0.2, 0.25) is 0 Å². The Morgan fingerprint density at radius 1 is 1.39 bits per heavy atom. The molecule has 0 saturated heterocycles. The van der Waals surface area contributed by atoms with Crippen LogP contribution < -0.4 is 5.56 Å². The van der Waals surface area contributed by atoms with Crippen molar-refractivity contribution < 1.29 is 4.79 Å². The molecule has 0 saturated carbocycles. The van der Waals surface area contributed by atoms with Crippen molar-refractivity contribution in [1.82, 2.24) is 19.9 Å². The van der Waals surface area contributed by atoms with Crippen LogP contribution in [0.3, 0.4) is 0 Å². The molecule has 2 aromatic heterocycles. The summed E-state index contributed by atoms with van der Waals surface area (Å²) in [6.45, 7) is 3.79. The molecule has 0 aromatic carbocycles. The lowest BCUT2D eigenvalue weighted by Gasteiger charge is -2.28. The average Bonchev–Trinajstić information content (AvgIpc) is 2.55. The standard InChI is InChI=1S/C17H22N4O2/c1-4-5-8-15(13-7-6-9-18-10-13)21(3)17(23)14-11-19-12(2)20-16(14)22/h6-7,9-11,15H,4-5,8H2,1-3H3,(H,19,20,22). The third-order valence-corrected chi connectivity index (χ3v) is 3.84. The summed E-state index contributed by atoms with van der Waals surface area (Å²) in [5.74, 6) is 0.160. The highest BCUT2D eigenvalue weighted by atomic mass is 16.2. The predicted octanol–water partition coefficient (Wildman–Crippen LogP) is 2.48. The summed E-state index contributed by atoms with van der Waals surface area (Å²) >= 11 is 0. The number of pyridine rings is 1. The summed E-state index contributed by atoms with van der Waals surface area (Å²) in [6, 6.07) is 3.69. The van der Waals surface area contributed by atoms with E-state index in [-0.39, 0.29) is 17.5 Å². The minimum atomic E-state index is -0.408. The van der Waals surface area contributed by atoms with Gasteiger partial charge in [0.1, 0.15) is 11.4 Å². The molecule has 0 radical (unpaired) electrons. The van der Waals surface area contributed by atoms with Gasteiger partial charge in [0.05, 0.1) is 6.04 Å². The number of hydrogen-bond donors (Lipinski definition) is 1. The molecule has 2 heterocycles. The fourth-order valence-corrected chi connectivity index (χ4v) is 2.52. The minimum absolute atomic E-state index is 0.0588. The first-order valence-electron chi connectivity index (χ1n) is 7.77. The number of rotatable bonds is 6. The number of nitrogens with zero attached hydrogens (tertiary/aromatic N) is 3. The summed E-state index contributed by atoms with van der Waals surface area (Å²) in [5.41, 5.74) is 0.617. The Bertz CT molecular complexity index is 712. The second kappa shape index (κ2) is 7.67. The van der Waals surface area contributed by atoms with Crippen LogP contribution in [0.1, 0.15) is 54.0 Å². The van der Waals surface area contributed by atoms with Crippen LogP contribution in [0, 0.1) is 6.92 Å². The summed E-state index contributed by atoms with van der Waals surface area (Å²) in [7, 11) is 1.72. The third-order valence-electron chi connectivity index (χ3n) is 3.84. The Morgan fingerprint density at radius 3 is 2.78 bits per heavy atom. The summed E-state index contributed by atoms with van der Waals surface area (Å²) in [4.78, 5) is 37.0. The van der Waals surface area contributed by atoms with Crippen molar-refractivity contribution in [2.75, 3.05) is 7.05 Å². The molecule has 1 unspecified atom stereocenters. The van der Waals surface area contributed by atoms with E-state index in [9.17, 15) is 9.59 Å². The molecule has 0 aliphatic rings. The number of amides is 1. The maximum atomic E-state index is 12.7. The van der Waals surface area contributed by atoms with Gasteiger partial charge in [-0.15, -0.1) is 0 Å². The van der Waals surface area contributed by atoms with Gasteiger partial charge in [-0.25, -0.2) is 4.98 Å². The van der Waals surface area contributed by atoms with Gasteiger partial charge in [0.2, 0.25) is 0 Å². The lowest BCUT2D eigenvalue weighted by Crippen LogP contribution is -2.35. The molecular formula is C17H22N4O2. The highest BCUT2D eigenvalue weighted by molar-refractivity contribution is 5.93. The van der Waals surface area contributed by atoms with Gasteiger partial charge in [0, 0.05) is 25.6 Å². The number of nitrogens with one attached hydrogen (secondary N) is 1. The Kier molecular flexibility index (Phi) is 5.62. The zero-order valence-electron chi connectivity index (χ0n) is 13.7. The van der Waals surface area contributed by atoms with Gasteiger partial charge in [-0.05, 0) is 25.0 Å². The van der Waals surface area contributed by atoms with Crippen LogP contribution in [-0.4, -0.2) is 32.8 Å². The van der Waals surface area contributed by atoms with Crippen molar-refractivity contribution in [3.05, 3.63) is 58.0 Å². The minimum Gasteiger partial charge on any atom is -0.334 e. The fourth-order valence-electron chi connectivity index (χ4n) is 2.52. The van der Waals surface area contributed by atoms with Gasteiger partial charge in [0.25, 0.3) is 11.5 Å². The molecule has 23 heavy (non-hydrogen) atoms. The molecule has 6 heteroatoms. The molecule has 1 atom stereocenters. The van der Waals surface area contributed by atoms with E-state index in [1.807, 2.05) is 12.1 Å². The van der Waals surface area contributed by atoms with Crippen LogP contribution >= 0.6 is 0 Å². The molecule has 0 aliphatic heterocycles. The van der Waals surface area contributed by atoms with E-state index in [2.05, 4.69) is 21.9 Å². The Hall–Kier alpha value is -2.50. The van der Waals surface area contributed by atoms with Crippen LogP contribution in [0.4, 0.5) is 0 Å². The van der Waals surface area contributed by atoms with E-state index in [1.165, 1.54) is 6.20 Å². The Morgan fingerprint density at radius 2 is 2.17 bits per heavy atom. The number of H-pyrrole nitrogens is 1. The zero-order valence-corrected chi connectivity index (χ0v) is 13.7. The predicted molar refractivity (Wildman–Crippen MR) is 88.2 cm³/mol. The normalized spacial score (nSPS) is 12.0. The summed E-state index contributed by atoms with van der Waals surface area (Å²) < 4.78 is 0. The number of aromatic amines is 1. The van der Waals surface area contributed by atoms with Gasteiger partial charge in [-0.1, -0.05) is 25.8 Å². The molecule has 2 aromatic rings. The first-order chi connectivity index (χ1) is 11.0. The van der Waals surface area contributed by atoms with E-state index in [0.29, 0.717) is 5.82 Å². The highest BCUT2D eigenvalue weighted by Crippen LogP contribution is 2.25. The van der Waals surface area contributed by atoms with Gasteiger partial charge < -0.3 is 9.88 Å². The van der Waals surface area contributed by atoms with E-state index in [0.717, 1.165) is 24.8 Å². The quantitative estimate of drug-likeness (QED) is 0.888. The second-order valence-corrected chi connectivity index (χ2v) is 5.57. The third kappa shape index (κ3) is 4.03. The first-order valence-corrected chi connectivity index (χ1v) is 7.77. The topological polar surface area (TPSA) is 79.0 Å². The molecule has 1 amide bonds. The number of carbonyl (C=O) groups is 1. The van der Waals surface area contributed by atoms with E-state index in [4.69, 9.17) is 0 Å². The lowest BCUT2D eigenvalue weighted by molar-refractivity contribution is 0.0717.